The zero-order valence-electron chi connectivity index (χ0n) is 11.1. The second-order valence-corrected chi connectivity index (χ2v) is 4.43. The van der Waals surface area contributed by atoms with Crippen molar-refractivity contribution in [1.82, 2.24) is 15.2 Å². The third-order valence-electron chi connectivity index (χ3n) is 3.17. The lowest BCUT2D eigenvalue weighted by Crippen LogP contribution is -2.20. The van der Waals surface area contributed by atoms with Gasteiger partial charge in [-0.15, -0.1) is 5.10 Å². The zero-order valence-corrected chi connectivity index (χ0v) is 11.1. The minimum absolute atomic E-state index is 0.679. The van der Waals surface area contributed by atoms with Crippen LogP contribution in [0.2, 0.25) is 0 Å². The normalized spacial score (nSPS) is 14.5. The van der Waals surface area contributed by atoms with Crippen LogP contribution in [0, 0.1) is 0 Å². The quantitative estimate of drug-likeness (QED) is 0.834. The van der Waals surface area contributed by atoms with Crippen LogP contribution in [-0.2, 0) is 0 Å². The molecule has 5 heteroatoms. The van der Waals surface area contributed by atoms with E-state index in [-0.39, 0.29) is 0 Å². The highest BCUT2D eigenvalue weighted by Gasteiger charge is 2.12. The second-order valence-electron chi connectivity index (χ2n) is 4.43. The lowest BCUT2D eigenvalue weighted by molar-refractivity contribution is 0.840. The zero-order chi connectivity index (χ0) is 13.1. The van der Waals surface area contributed by atoms with E-state index in [2.05, 4.69) is 46.2 Å². The molecule has 1 aromatic rings. The van der Waals surface area contributed by atoms with Crippen molar-refractivity contribution in [3.8, 4) is 0 Å². The number of nitrogens with zero attached hydrogens (tertiary/aromatic N) is 3. The van der Waals surface area contributed by atoms with Gasteiger partial charge in [0, 0.05) is 20.6 Å². The molecular formula is C13H19N5. The minimum atomic E-state index is 0.679. The van der Waals surface area contributed by atoms with Gasteiger partial charge in [-0.25, -0.2) is 5.10 Å². The van der Waals surface area contributed by atoms with Gasteiger partial charge in [0.05, 0.1) is 0 Å². The molecule has 0 saturated carbocycles. The van der Waals surface area contributed by atoms with Crippen molar-refractivity contribution in [2.75, 3.05) is 30.9 Å². The first-order chi connectivity index (χ1) is 8.61. The highest BCUT2D eigenvalue weighted by Crippen LogP contribution is 2.26. The molecule has 1 aliphatic rings. The Labute approximate surface area is 107 Å². The van der Waals surface area contributed by atoms with Crippen molar-refractivity contribution < 1.29 is 0 Å². The van der Waals surface area contributed by atoms with Crippen molar-refractivity contribution in [2.24, 2.45) is 0 Å². The molecule has 0 radical (unpaired) electrons. The fourth-order valence-corrected chi connectivity index (χ4v) is 1.84. The average molecular weight is 245 g/mol. The molecule has 0 saturated heterocycles. The number of allylic oxidation sites excluding steroid dienone is 4. The monoisotopic (exact) mass is 245 g/mol. The molecule has 0 fully saturated rings. The predicted octanol–water partition coefficient (Wildman–Crippen LogP) is 2.12. The maximum Gasteiger partial charge on any atom is 0.246 e. The minimum Gasteiger partial charge on any atom is -0.358 e. The van der Waals surface area contributed by atoms with Gasteiger partial charge in [0.15, 0.2) is 0 Å². The number of aromatic amines is 1. The lowest BCUT2D eigenvalue weighted by atomic mass is 10.0. The summed E-state index contributed by atoms with van der Waals surface area (Å²) in [5.41, 5.74) is 3.70. The molecule has 5 nitrogen and oxygen atoms in total. The standard InChI is InChI=1S/C13H19N5/c1-9-5-6-11(10(9)2)7-8-18(4)13-15-12(14-3)16-17-13/h5-6H,2,7-8H2,1,3-4H3,(H2,14,15,16,17). The Balaban J connectivity index is 1.89. The topological polar surface area (TPSA) is 56.8 Å². The van der Waals surface area contributed by atoms with Crippen LogP contribution in [0.5, 0.6) is 0 Å². The summed E-state index contributed by atoms with van der Waals surface area (Å²) in [5, 5.41) is 9.88. The molecule has 18 heavy (non-hydrogen) atoms. The van der Waals surface area contributed by atoms with Crippen LogP contribution in [0.25, 0.3) is 0 Å². The van der Waals surface area contributed by atoms with E-state index in [0.29, 0.717) is 11.9 Å². The van der Waals surface area contributed by atoms with Crippen LogP contribution in [0.3, 0.4) is 0 Å². The molecule has 0 amide bonds. The second kappa shape index (κ2) is 5.08. The number of hydrogen-bond donors (Lipinski definition) is 2. The number of hydrogen-bond acceptors (Lipinski definition) is 4. The van der Waals surface area contributed by atoms with Crippen molar-refractivity contribution in [3.05, 3.63) is 35.5 Å². The fraction of sp³-hybridized carbons (Fsp3) is 0.385. The SMILES string of the molecule is C=C1C(C)=CC=C1CCN(C)c1n[nH]c(NC)n1. The molecule has 2 rings (SSSR count). The van der Waals surface area contributed by atoms with E-state index in [1.165, 1.54) is 11.1 Å². The molecule has 0 unspecified atom stereocenters. The van der Waals surface area contributed by atoms with Crippen molar-refractivity contribution in [2.45, 2.75) is 13.3 Å². The summed E-state index contributed by atoms with van der Waals surface area (Å²) in [7, 11) is 3.80. The molecule has 0 bridgehead atoms. The number of aromatic nitrogens is 3. The van der Waals surface area contributed by atoms with Crippen molar-refractivity contribution in [1.29, 1.82) is 0 Å². The van der Waals surface area contributed by atoms with Crippen LogP contribution < -0.4 is 10.2 Å². The fourth-order valence-electron chi connectivity index (χ4n) is 1.84. The van der Waals surface area contributed by atoms with Crippen LogP contribution in [0.1, 0.15) is 13.3 Å². The molecule has 1 aromatic heterocycles. The molecule has 1 aliphatic carbocycles. The lowest BCUT2D eigenvalue weighted by Gasteiger charge is -2.15. The first kappa shape index (κ1) is 12.4. The summed E-state index contributed by atoms with van der Waals surface area (Å²) in [6.07, 6.45) is 5.21. The van der Waals surface area contributed by atoms with Gasteiger partial charge in [-0.1, -0.05) is 18.7 Å². The van der Waals surface area contributed by atoms with E-state index in [9.17, 15) is 0 Å². The molecule has 2 N–H and O–H groups in total. The highest BCUT2D eigenvalue weighted by molar-refractivity contribution is 5.52. The number of rotatable bonds is 5. The van der Waals surface area contributed by atoms with Crippen LogP contribution in [0.4, 0.5) is 11.9 Å². The Bertz CT molecular complexity index is 509. The molecule has 96 valence electrons. The summed E-state index contributed by atoms with van der Waals surface area (Å²) in [4.78, 5) is 6.33. The molecule has 0 aliphatic heterocycles. The third kappa shape index (κ3) is 2.45. The van der Waals surface area contributed by atoms with Gasteiger partial charge in [-0.3, -0.25) is 0 Å². The molecular weight excluding hydrogens is 226 g/mol. The van der Waals surface area contributed by atoms with Gasteiger partial charge in [-0.05, 0) is 30.1 Å². The summed E-state index contributed by atoms with van der Waals surface area (Å²) < 4.78 is 0. The summed E-state index contributed by atoms with van der Waals surface area (Å²) in [6, 6.07) is 0. The Morgan fingerprint density at radius 3 is 2.78 bits per heavy atom. The van der Waals surface area contributed by atoms with Gasteiger partial charge in [0.2, 0.25) is 11.9 Å². The van der Waals surface area contributed by atoms with Gasteiger partial charge in [-0.2, -0.15) is 4.98 Å². The molecule has 0 aromatic carbocycles. The van der Waals surface area contributed by atoms with E-state index in [0.717, 1.165) is 18.5 Å². The van der Waals surface area contributed by atoms with Gasteiger partial charge < -0.3 is 10.2 Å². The summed E-state index contributed by atoms with van der Waals surface area (Å²) in [6.45, 7) is 7.04. The molecule has 0 spiro atoms. The largest absolute Gasteiger partial charge is 0.358 e. The number of nitrogens with one attached hydrogen (secondary N) is 2. The van der Waals surface area contributed by atoms with Crippen molar-refractivity contribution in [3.63, 3.8) is 0 Å². The Hall–Kier alpha value is -2.04. The Morgan fingerprint density at radius 1 is 1.44 bits per heavy atom. The van der Waals surface area contributed by atoms with Crippen LogP contribution in [0.15, 0.2) is 35.5 Å². The van der Waals surface area contributed by atoms with Gasteiger partial charge >= 0.3 is 0 Å². The average Bonchev–Trinajstić information content (AvgIpc) is 2.96. The maximum atomic E-state index is 4.30. The Kier molecular flexibility index (Phi) is 3.50. The highest BCUT2D eigenvalue weighted by atomic mass is 15.4. The van der Waals surface area contributed by atoms with E-state index in [1.54, 1.807) is 0 Å². The van der Waals surface area contributed by atoms with E-state index in [4.69, 9.17) is 0 Å². The summed E-state index contributed by atoms with van der Waals surface area (Å²) >= 11 is 0. The number of H-pyrrole nitrogens is 1. The maximum absolute atomic E-state index is 4.30. The summed E-state index contributed by atoms with van der Waals surface area (Å²) in [5.74, 6) is 1.38. The Morgan fingerprint density at radius 2 is 2.22 bits per heavy atom. The van der Waals surface area contributed by atoms with Gasteiger partial charge in [0.25, 0.3) is 0 Å². The van der Waals surface area contributed by atoms with Crippen LogP contribution >= 0.6 is 0 Å². The van der Waals surface area contributed by atoms with Crippen molar-refractivity contribution >= 4 is 11.9 Å². The number of anilines is 2. The van der Waals surface area contributed by atoms with E-state index < -0.39 is 0 Å². The first-order valence-corrected chi connectivity index (χ1v) is 6.00. The first-order valence-electron chi connectivity index (χ1n) is 6.00. The molecule has 0 atom stereocenters. The van der Waals surface area contributed by atoms with E-state index >= 15 is 0 Å². The van der Waals surface area contributed by atoms with Crippen LogP contribution in [-0.4, -0.2) is 35.8 Å². The van der Waals surface area contributed by atoms with Gasteiger partial charge in [0.1, 0.15) is 0 Å². The smallest absolute Gasteiger partial charge is 0.246 e. The van der Waals surface area contributed by atoms with E-state index in [1.807, 2.05) is 19.0 Å². The predicted molar refractivity (Wildman–Crippen MR) is 74.8 cm³/mol. The third-order valence-corrected chi connectivity index (χ3v) is 3.17. The molecule has 1 heterocycles.